The van der Waals surface area contributed by atoms with Gasteiger partial charge in [-0.3, -0.25) is 0 Å². The average molecular weight is 402 g/mol. The number of halogens is 2. The summed E-state index contributed by atoms with van der Waals surface area (Å²) in [6, 6.07) is 15.3. The molecule has 0 saturated carbocycles. The Bertz CT molecular complexity index is 500. The highest BCUT2D eigenvalue weighted by molar-refractivity contribution is 9.09. The van der Waals surface area contributed by atoms with Crippen LogP contribution in [0, 0.1) is 0 Å². The van der Waals surface area contributed by atoms with Crippen LogP contribution >= 0.6 is 43.2 Å². The zero-order valence-electron chi connectivity index (χ0n) is 11.0. The molecule has 0 aliphatic carbocycles. The lowest BCUT2D eigenvalue weighted by Gasteiger charge is -2.30. The van der Waals surface area contributed by atoms with Crippen LogP contribution in [-0.4, -0.2) is 10.7 Å². The number of benzene rings is 1. The van der Waals surface area contributed by atoms with Crippen LogP contribution in [0.15, 0.2) is 42.5 Å². The van der Waals surface area contributed by atoms with Crippen molar-refractivity contribution >= 4 is 43.2 Å². The summed E-state index contributed by atoms with van der Waals surface area (Å²) in [5.74, 6) is 0. The monoisotopic (exact) mass is 400 g/mol. The van der Waals surface area contributed by atoms with Crippen LogP contribution in [0.3, 0.4) is 0 Å². The van der Waals surface area contributed by atoms with Crippen LogP contribution in [0.5, 0.6) is 0 Å². The summed E-state index contributed by atoms with van der Waals surface area (Å²) in [5, 5.41) is 1.93. The Kier molecular flexibility index (Phi) is 5.67. The van der Waals surface area contributed by atoms with Crippen LogP contribution in [0.4, 0.5) is 0 Å². The first-order valence-electron chi connectivity index (χ1n) is 6.49. The molecule has 0 saturated heterocycles. The summed E-state index contributed by atoms with van der Waals surface area (Å²) in [7, 11) is 0. The lowest BCUT2D eigenvalue weighted by molar-refractivity contribution is 0.556. The fraction of sp³-hybridized carbons (Fsp3) is 0.375. The summed E-state index contributed by atoms with van der Waals surface area (Å²) in [4.78, 5) is 2.95. The molecule has 0 nitrogen and oxygen atoms in total. The van der Waals surface area contributed by atoms with Crippen LogP contribution < -0.4 is 0 Å². The van der Waals surface area contributed by atoms with E-state index < -0.39 is 0 Å². The Morgan fingerprint density at radius 3 is 2.11 bits per heavy atom. The topological polar surface area (TPSA) is 0 Å². The van der Waals surface area contributed by atoms with E-state index in [0.29, 0.717) is 0 Å². The van der Waals surface area contributed by atoms with E-state index in [9.17, 15) is 0 Å². The molecule has 0 aliphatic rings. The third kappa shape index (κ3) is 3.50. The first kappa shape index (κ1) is 15.3. The van der Waals surface area contributed by atoms with E-state index in [1.165, 1.54) is 15.3 Å². The van der Waals surface area contributed by atoms with Crippen molar-refractivity contribution in [2.45, 2.75) is 25.2 Å². The first-order chi connectivity index (χ1) is 9.24. The van der Waals surface area contributed by atoms with Crippen molar-refractivity contribution in [1.29, 1.82) is 0 Å². The van der Waals surface area contributed by atoms with Gasteiger partial charge in [-0.05, 0) is 30.5 Å². The van der Waals surface area contributed by atoms with E-state index in [2.05, 4.69) is 81.2 Å². The molecule has 0 amide bonds. The van der Waals surface area contributed by atoms with Gasteiger partial charge in [-0.15, -0.1) is 11.3 Å². The molecule has 1 aromatic carbocycles. The SMILES string of the molecule is CCc1ccc(CC(CBr)(CBr)c2ccccc2)s1. The zero-order valence-corrected chi connectivity index (χ0v) is 15.0. The number of thiophene rings is 1. The molecule has 0 unspecified atom stereocenters. The minimum absolute atomic E-state index is 0.136. The van der Waals surface area contributed by atoms with Crippen molar-refractivity contribution in [2.75, 3.05) is 10.7 Å². The van der Waals surface area contributed by atoms with Gasteiger partial charge in [-0.1, -0.05) is 69.1 Å². The van der Waals surface area contributed by atoms with Gasteiger partial charge in [0.05, 0.1) is 0 Å². The summed E-state index contributed by atoms with van der Waals surface area (Å²) >= 11 is 9.40. The second kappa shape index (κ2) is 7.05. The molecule has 0 atom stereocenters. The smallest absolute Gasteiger partial charge is 0.0195 e. The zero-order chi connectivity index (χ0) is 13.7. The summed E-state index contributed by atoms with van der Waals surface area (Å²) < 4.78 is 0. The molecule has 0 fully saturated rings. The van der Waals surface area contributed by atoms with Gasteiger partial charge in [0.25, 0.3) is 0 Å². The number of hydrogen-bond acceptors (Lipinski definition) is 1. The molecule has 0 bridgehead atoms. The molecule has 102 valence electrons. The van der Waals surface area contributed by atoms with Crippen molar-refractivity contribution < 1.29 is 0 Å². The van der Waals surface area contributed by atoms with E-state index >= 15 is 0 Å². The van der Waals surface area contributed by atoms with Gasteiger partial charge < -0.3 is 0 Å². The van der Waals surface area contributed by atoms with Gasteiger partial charge in [0, 0.05) is 25.8 Å². The van der Waals surface area contributed by atoms with E-state index in [1.54, 1.807) is 0 Å². The Morgan fingerprint density at radius 2 is 1.58 bits per heavy atom. The van der Waals surface area contributed by atoms with Gasteiger partial charge in [-0.2, -0.15) is 0 Å². The number of rotatable bonds is 6. The van der Waals surface area contributed by atoms with Gasteiger partial charge in [0.1, 0.15) is 0 Å². The molecular formula is C16H18Br2S. The normalized spacial score (nSPS) is 11.7. The van der Waals surface area contributed by atoms with Gasteiger partial charge in [0.2, 0.25) is 0 Å². The predicted octanol–water partition coefficient (Wildman–Crippen LogP) is 5.58. The second-order valence-corrected chi connectivity index (χ2v) is 7.19. The average Bonchev–Trinajstić information content (AvgIpc) is 2.93. The Balaban J connectivity index is 2.29. The maximum atomic E-state index is 3.73. The lowest BCUT2D eigenvalue weighted by Crippen LogP contribution is -2.32. The van der Waals surface area contributed by atoms with Crippen LogP contribution in [0.1, 0.15) is 22.2 Å². The Morgan fingerprint density at radius 1 is 0.947 bits per heavy atom. The maximum absolute atomic E-state index is 3.73. The molecule has 0 radical (unpaired) electrons. The molecule has 19 heavy (non-hydrogen) atoms. The quantitative estimate of drug-likeness (QED) is 0.554. The van der Waals surface area contributed by atoms with Crippen molar-refractivity contribution in [2.24, 2.45) is 0 Å². The van der Waals surface area contributed by atoms with Crippen molar-refractivity contribution in [3.63, 3.8) is 0 Å². The first-order valence-corrected chi connectivity index (χ1v) is 9.55. The standard InChI is InChI=1S/C16H18Br2S/c1-2-14-8-9-15(19-14)10-16(11-17,12-18)13-6-4-3-5-7-13/h3-9H,2,10-12H2,1H3. The highest BCUT2D eigenvalue weighted by atomic mass is 79.9. The minimum atomic E-state index is 0.136. The van der Waals surface area contributed by atoms with Crippen molar-refractivity contribution in [3.8, 4) is 0 Å². The molecule has 2 aromatic rings. The highest BCUT2D eigenvalue weighted by Gasteiger charge is 2.30. The lowest BCUT2D eigenvalue weighted by atomic mass is 9.81. The molecule has 3 heteroatoms. The van der Waals surface area contributed by atoms with E-state index in [-0.39, 0.29) is 5.41 Å². The van der Waals surface area contributed by atoms with E-state index in [0.717, 1.165) is 23.5 Å². The Hall–Kier alpha value is -0.120. The molecule has 1 aromatic heterocycles. The summed E-state index contributed by atoms with van der Waals surface area (Å²) in [5.41, 5.74) is 1.53. The number of aryl methyl sites for hydroxylation is 1. The van der Waals surface area contributed by atoms with Gasteiger partial charge in [-0.25, -0.2) is 0 Å². The van der Waals surface area contributed by atoms with E-state index in [4.69, 9.17) is 0 Å². The van der Waals surface area contributed by atoms with Crippen molar-refractivity contribution in [1.82, 2.24) is 0 Å². The maximum Gasteiger partial charge on any atom is 0.0195 e. The molecule has 2 rings (SSSR count). The number of alkyl halides is 2. The molecular weight excluding hydrogens is 384 g/mol. The third-order valence-electron chi connectivity index (χ3n) is 3.48. The molecule has 0 aliphatic heterocycles. The molecule has 1 heterocycles. The Labute approximate surface area is 136 Å². The third-order valence-corrected chi connectivity index (χ3v) is 6.85. The van der Waals surface area contributed by atoms with Crippen LogP contribution in [0.2, 0.25) is 0 Å². The predicted molar refractivity (Wildman–Crippen MR) is 93.1 cm³/mol. The largest absolute Gasteiger partial charge is 0.145 e. The highest BCUT2D eigenvalue weighted by Crippen LogP contribution is 2.34. The number of hydrogen-bond donors (Lipinski definition) is 0. The van der Waals surface area contributed by atoms with E-state index in [1.807, 2.05) is 11.3 Å². The van der Waals surface area contributed by atoms with Crippen molar-refractivity contribution in [3.05, 3.63) is 57.8 Å². The second-order valence-electron chi connectivity index (χ2n) is 4.81. The van der Waals surface area contributed by atoms with Crippen LogP contribution in [-0.2, 0) is 18.3 Å². The fourth-order valence-electron chi connectivity index (χ4n) is 2.22. The summed E-state index contributed by atoms with van der Waals surface area (Å²) in [6.07, 6.45) is 2.21. The van der Waals surface area contributed by atoms with Gasteiger partial charge in [0.15, 0.2) is 0 Å². The molecule has 0 spiro atoms. The molecule has 0 N–H and O–H groups in total. The summed E-state index contributed by atoms with van der Waals surface area (Å²) in [6.45, 7) is 2.22. The van der Waals surface area contributed by atoms with Gasteiger partial charge >= 0.3 is 0 Å². The fourth-order valence-corrected chi connectivity index (χ4v) is 5.29. The van der Waals surface area contributed by atoms with Crippen LogP contribution in [0.25, 0.3) is 0 Å². The minimum Gasteiger partial charge on any atom is -0.145 e.